The molecule has 0 heterocycles. The molecule has 1 rings (SSSR count). The van der Waals surface area contributed by atoms with Gasteiger partial charge < -0.3 is 5.11 Å². The molecule has 21 heavy (non-hydrogen) atoms. The molecule has 0 saturated heterocycles. The highest BCUT2D eigenvalue weighted by Crippen LogP contribution is 2.36. The van der Waals surface area contributed by atoms with Gasteiger partial charge >= 0.3 is 0 Å². The molecular formula is C18H30OS2. The average molecular weight is 327 g/mol. The summed E-state index contributed by atoms with van der Waals surface area (Å²) < 4.78 is 0. The fourth-order valence-electron chi connectivity index (χ4n) is 2.19. The predicted molar refractivity (Wildman–Crippen MR) is 99.7 cm³/mol. The number of aromatic hydroxyl groups is 1. The minimum atomic E-state index is -0.0142. The monoisotopic (exact) mass is 326 g/mol. The third kappa shape index (κ3) is 6.15. The second kappa shape index (κ2) is 8.99. The van der Waals surface area contributed by atoms with Crippen LogP contribution >= 0.6 is 23.5 Å². The Morgan fingerprint density at radius 1 is 0.952 bits per heavy atom. The Kier molecular flexibility index (Phi) is 8.04. The lowest BCUT2D eigenvalue weighted by molar-refractivity contribution is 0.442. The van der Waals surface area contributed by atoms with Crippen LogP contribution in [0.25, 0.3) is 0 Å². The highest BCUT2D eigenvalue weighted by Gasteiger charge is 2.21. The summed E-state index contributed by atoms with van der Waals surface area (Å²) in [6.07, 6.45) is 2.40. The number of hydrogen-bond donors (Lipinski definition) is 1. The summed E-state index contributed by atoms with van der Waals surface area (Å²) in [6, 6.07) is 4.40. The Morgan fingerprint density at radius 3 is 2.05 bits per heavy atom. The Balaban J connectivity index is 3.01. The highest BCUT2D eigenvalue weighted by atomic mass is 32.2. The summed E-state index contributed by atoms with van der Waals surface area (Å²) >= 11 is 3.89. The summed E-state index contributed by atoms with van der Waals surface area (Å²) in [5.74, 6) is 4.82. The molecule has 0 atom stereocenters. The van der Waals surface area contributed by atoms with E-state index in [2.05, 4.69) is 46.8 Å². The average Bonchev–Trinajstić information content (AvgIpc) is 2.41. The first-order valence-corrected chi connectivity index (χ1v) is 10.2. The maximum atomic E-state index is 10.6. The van der Waals surface area contributed by atoms with Crippen LogP contribution in [-0.4, -0.2) is 16.6 Å². The van der Waals surface area contributed by atoms with E-state index in [4.69, 9.17) is 0 Å². The van der Waals surface area contributed by atoms with E-state index in [1.165, 1.54) is 24.2 Å². The van der Waals surface area contributed by atoms with Gasteiger partial charge in [-0.05, 0) is 40.9 Å². The molecule has 0 aliphatic carbocycles. The predicted octanol–water partition coefficient (Wildman–Crippen LogP) is 5.98. The van der Waals surface area contributed by atoms with E-state index < -0.39 is 0 Å². The molecule has 120 valence electrons. The third-order valence-corrected chi connectivity index (χ3v) is 5.73. The second-order valence-electron chi connectivity index (χ2n) is 6.51. The van der Waals surface area contributed by atoms with Gasteiger partial charge in [0, 0.05) is 17.1 Å². The van der Waals surface area contributed by atoms with Gasteiger partial charge in [-0.15, -0.1) is 0 Å². The van der Waals surface area contributed by atoms with E-state index in [1.807, 2.05) is 23.5 Å². The maximum Gasteiger partial charge on any atom is 0.123 e. The van der Waals surface area contributed by atoms with Gasteiger partial charge in [0.1, 0.15) is 5.75 Å². The van der Waals surface area contributed by atoms with Crippen molar-refractivity contribution in [2.45, 2.75) is 64.4 Å². The van der Waals surface area contributed by atoms with Gasteiger partial charge in [0.25, 0.3) is 0 Å². The zero-order valence-corrected chi connectivity index (χ0v) is 15.8. The topological polar surface area (TPSA) is 20.2 Å². The summed E-state index contributed by atoms with van der Waals surface area (Å²) in [5.41, 5.74) is 3.53. The van der Waals surface area contributed by atoms with Gasteiger partial charge in [-0.3, -0.25) is 0 Å². The Hall–Kier alpha value is -0.280. The normalized spacial score (nSPS) is 11.9. The summed E-state index contributed by atoms with van der Waals surface area (Å²) in [7, 11) is 0. The smallest absolute Gasteiger partial charge is 0.123 e. The van der Waals surface area contributed by atoms with Gasteiger partial charge in [0.2, 0.25) is 0 Å². The molecule has 0 unspecified atom stereocenters. The third-order valence-electron chi connectivity index (χ3n) is 3.28. The number of thioether (sulfide) groups is 2. The Morgan fingerprint density at radius 2 is 1.52 bits per heavy atom. The summed E-state index contributed by atoms with van der Waals surface area (Å²) in [5, 5.41) is 10.6. The molecule has 0 bridgehead atoms. The van der Waals surface area contributed by atoms with Crippen LogP contribution in [0.15, 0.2) is 12.1 Å². The van der Waals surface area contributed by atoms with Gasteiger partial charge in [-0.1, -0.05) is 46.8 Å². The van der Waals surface area contributed by atoms with Crippen LogP contribution in [0.3, 0.4) is 0 Å². The minimum absolute atomic E-state index is 0.0142. The van der Waals surface area contributed by atoms with Crippen LogP contribution in [0, 0.1) is 0 Å². The molecule has 1 N–H and O–H groups in total. The molecule has 0 aliphatic heterocycles. The van der Waals surface area contributed by atoms with Crippen molar-refractivity contribution in [3.8, 4) is 5.75 Å². The standard InChI is InChI=1S/C18H30OS2/c1-6-8-20-12-14-10-15(13-21-9-7-2)17(19)16(11-14)18(3,4)5/h10-11,19H,6-9,12-13H2,1-5H3. The number of phenols is 1. The number of rotatable bonds is 8. The van der Waals surface area contributed by atoms with E-state index >= 15 is 0 Å². The molecular weight excluding hydrogens is 296 g/mol. The van der Waals surface area contributed by atoms with Crippen LogP contribution in [0.2, 0.25) is 0 Å². The minimum Gasteiger partial charge on any atom is -0.507 e. The van der Waals surface area contributed by atoms with Crippen molar-refractivity contribution in [3.63, 3.8) is 0 Å². The molecule has 0 aliphatic rings. The van der Waals surface area contributed by atoms with Crippen molar-refractivity contribution in [3.05, 3.63) is 28.8 Å². The van der Waals surface area contributed by atoms with Crippen molar-refractivity contribution in [1.29, 1.82) is 0 Å². The van der Waals surface area contributed by atoms with Gasteiger partial charge in [-0.25, -0.2) is 0 Å². The van der Waals surface area contributed by atoms with E-state index in [1.54, 1.807) is 0 Å². The van der Waals surface area contributed by atoms with Crippen molar-refractivity contribution >= 4 is 23.5 Å². The lowest BCUT2D eigenvalue weighted by atomic mass is 9.84. The Bertz CT molecular complexity index is 436. The van der Waals surface area contributed by atoms with Crippen LogP contribution in [0.4, 0.5) is 0 Å². The molecule has 0 fully saturated rings. The Labute approximate surface area is 139 Å². The molecule has 1 aromatic rings. The van der Waals surface area contributed by atoms with Gasteiger partial charge in [0.05, 0.1) is 0 Å². The van der Waals surface area contributed by atoms with Crippen molar-refractivity contribution in [2.24, 2.45) is 0 Å². The highest BCUT2D eigenvalue weighted by molar-refractivity contribution is 7.98. The zero-order chi connectivity index (χ0) is 15.9. The fourth-order valence-corrected chi connectivity index (χ4v) is 3.89. The van der Waals surface area contributed by atoms with E-state index in [0.717, 1.165) is 28.4 Å². The summed E-state index contributed by atoms with van der Waals surface area (Å²) in [6.45, 7) is 10.9. The first kappa shape index (κ1) is 18.8. The first-order chi connectivity index (χ1) is 9.90. The van der Waals surface area contributed by atoms with Crippen molar-refractivity contribution < 1.29 is 5.11 Å². The first-order valence-electron chi connectivity index (χ1n) is 7.90. The van der Waals surface area contributed by atoms with Crippen LogP contribution in [-0.2, 0) is 16.9 Å². The van der Waals surface area contributed by atoms with E-state index in [9.17, 15) is 5.11 Å². The van der Waals surface area contributed by atoms with Crippen LogP contribution in [0.5, 0.6) is 5.75 Å². The quantitative estimate of drug-likeness (QED) is 0.594. The number of hydrogen-bond acceptors (Lipinski definition) is 3. The molecule has 1 nitrogen and oxygen atoms in total. The molecule has 1 aromatic carbocycles. The zero-order valence-electron chi connectivity index (χ0n) is 14.2. The lowest BCUT2D eigenvalue weighted by Crippen LogP contribution is -2.13. The van der Waals surface area contributed by atoms with Crippen molar-refractivity contribution in [2.75, 3.05) is 11.5 Å². The van der Waals surface area contributed by atoms with Crippen LogP contribution in [0.1, 0.15) is 64.2 Å². The summed E-state index contributed by atoms with van der Waals surface area (Å²) in [4.78, 5) is 0. The fraction of sp³-hybridized carbons (Fsp3) is 0.667. The molecule has 0 aromatic heterocycles. The van der Waals surface area contributed by atoms with Gasteiger partial charge in [0.15, 0.2) is 0 Å². The second-order valence-corrected chi connectivity index (χ2v) is 8.72. The molecule has 0 radical (unpaired) electrons. The number of benzene rings is 1. The molecule has 0 amide bonds. The van der Waals surface area contributed by atoms with E-state index in [-0.39, 0.29) is 5.41 Å². The lowest BCUT2D eigenvalue weighted by Gasteiger charge is -2.23. The maximum absolute atomic E-state index is 10.6. The van der Waals surface area contributed by atoms with Gasteiger partial charge in [-0.2, -0.15) is 23.5 Å². The molecule has 0 spiro atoms. The molecule has 0 saturated carbocycles. The largest absolute Gasteiger partial charge is 0.507 e. The van der Waals surface area contributed by atoms with Crippen molar-refractivity contribution in [1.82, 2.24) is 0 Å². The number of phenolic OH excluding ortho intramolecular Hbond substituents is 1. The van der Waals surface area contributed by atoms with E-state index in [0.29, 0.717) is 5.75 Å². The molecule has 3 heteroatoms. The SMILES string of the molecule is CCCSCc1cc(CSCCC)c(O)c(C(C)(C)C)c1. The van der Waals surface area contributed by atoms with Crippen LogP contribution < -0.4 is 0 Å².